The van der Waals surface area contributed by atoms with Crippen LogP contribution in [0.4, 0.5) is 0 Å². The van der Waals surface area contributed by atoms with E-state index >= 15 is 0 Å². The second kappa shape index (κ2) is 32.5. The lowest BCUT2D eigenvalue weighted by Gasteiger charge is -2.32. The molecule has 0 bridgehead atoms. The van der Waals surface area contributed by atoms with Gasteiger partial charge in [-0.05, 0) is 38.5 Å². The molecule has 0 spiro atoms. The molecule has 0 aliphatic heterocycles. The number of Topliss-reactive ketones (excluding diaryl/α,β-unsaturated/α-hetero) is 3. The highest BCUT2D eigenvalue weighted by atomic mass is 27.3. The van der Waals surface area contributed by atoms with Crippen molar-refractivity contribution in [2.24, 2.45) is 0 Å². The SMILES string of the molecule is CCCCOC(CC)(OCCCC)C(=O)CC(=O)[O][Al]([O]C(=O)CC(=O)C(CC)(OCCCC)OCCCC)[O]C(=O)CC(=O)C(CC)(OCCCC)OCCCC. The Morgan fingerprint density at radius 2 is 0.534 bits per heavy atom. The van der Waals surface area contributed by atoms with Crippen LogP contribution in [0.15, 0.2) is 0 Å². The van der Waals surface area contributed by atoms with Crippen LogP contribution in [-0.2, 0) is 68.6 Å². The van der Waals surface area contributed by atoms with Crippen molar-refractivity contribution in [2.45, 2.75) is 195 Å². The molecule has 0 saturated carbocycles. The van der Waals surface area contributed by atoms with E-state index in [0.29, 0.717) is 38.5 Å². The molecule has 0 atom stereocenters. The molecule has 0 aromatic rings. The Morgan fingerprint density at radius 3 is 0.690 bits per heavy atom. The van der Waals surface area contributed by atoms with Crippen LogP contribution in [0.3, 0.4) is 0 Å². The lowest BCUT2D eigenvalue weighted by Crippen LogP contribution is -2.47. The summed E-state index contributed by atoms with van der Waals surface area (Å²) in [5.41, 5.74) is 0. The summed E-state index contributed by atoms with van der Waals surface area (Å²) in [7, 11) is 0. The molecule has 15 nitrogen and oxygen atoms in total. The van der Waals surface area contributed by atoms with Crippen molar-refractivity contribution in [1.29, 1.82) is 0 Å². The number of carbonyl (C=O) groups is 6. The van der Waals surface area contributed by atoms with Gasteiger partial charge >= 0.3 is 15.1 Å². The molecule has 0 N–H and O–H groups in total. The minimum atomic E-state index is -4.19. The van der Waals surface area contributed by atoms with Gasteiger partial charge in [-0.25, -0.2) is 0 Å². The molecule has 0 aromatic heterocycles. The molecule has 0 saturated heterocycles. The van der Waals surface area contributed by atoms with Gasteiger partial charge in [0.25, 0.3) is 17.9 Å². The zero-order chi connectivity index (χ0) is 43.9. The largest absolute Gasteiger partial charge is 1.20 e. The summed E-state index contributed by atoms with van der Waals surface area (Å²) in [5, 5.41) is 0. The third-order valence-corrected chi connectivity index (χ3v) is 10.6. The predicted molar refractivity (Wildman–Crippen MR) is 217 cm³/mol. The number of hydrogen-bond donors (Lipinski definition) is 0. The number of ketones is 3. The van der Waals surface area contributed by atoms with Gasteiger partial charge in [-0.2, -0.15) is 0 Å². The molecule has 0 aliphatic rings. The maximum atomic E-state index is 13.6. The number of unbranched alkanes of at least 4 members (excludes halogenated alkanes) is 6. The normalized spacial score (nSPS) is 11.9. The fourth-order valence-corrected chi connectivity index (χ4v) is 6.45. The Morgan fingerprint density at radius 1 is 0.345 bits per heavy atom. The van der Waals surface area contributed by atoms with E-state index in [9.17, 15) is 28.8 Å². The highest BCUT2D eigenvalue weighted by molar-refractivity contribution is 6.44. The monoisotopic (exact) mass is 846 g/mol. The van der Waals surface area contributed by atoms with Crippen molar-refractivity contribution in [1.82, 2.24) is 0 Å². The molecule has 0 unspecified atom stereocenters. The Labute approximate surface area is 352 Å². The summed E-state index contributed by atoms with van der Waals surface area (Å²) in [5.74, 6) is -10.9. The zero-order valence-electron chi connectivity index (χ0n) is 37.2. The Hall–Kier alpha value is -2.29. The molecule has 336 valence electrons. The van der Waals surface area contributed by atoms with Gasteiger partial charge in [0.05, 0.1) is 39.6 Å². The van der Waals surface area contributed by atoms with Gasteiger partial charge in [0.1, 0.15) is 19.3 Å². The van der Waals surface area contributed by atoms with Crippen LogP contribution in [0.25, 0.3) is 0 Å². The van der Waals surface area contributed by atoms with Crippen LogP contribution in [0.1, 0.15) is 178 Å². The van der Waals surface area contributed by atoms with Crippen LogP contribution < -0.4 is 0 Å². The van der Waals surface area contributed by atoms with E-state index in [0.717, 1.165) is 38.5 Å². The smallest absolute Gasteiger partial charge is 0.550 e. The third-order valence-electron chi connectivity index (χ3n) is 9.27. The quantitative estimate of drug-likeness (QED) is 0.0253. The highest BCUT2D eigenvalue weighted by Crippen LogP contribution is 2.26. The Bertz CT molecular complexity index is 1020. The molecule has 0 radical (unpaired) electrons. The molecule has 0 aliphatic carbocycles. The van der Waals surface area contributed by atoms with Gasteiger partial charge in [-0.3, -0.25) is 28.8 Å². The summed E-state index contributed by atoms with van der Waals surface area (Å²) < 4.78 is 51.7. The van der Waals surface area contributed by atoms with Crippen LogP contribution >= 0.6 is 0 Å². The van der Waals surface area contributed by atoms with E-state index in [4.69, 9.17) is 39.8 Å². The van der Waals surface area contributed by atoms with Crippen molar-refractivity contribution >= 4 is 50.4 Å². The summed E-state index contributed by atoms with van der Waals surface area (Å²) >= 11 is -4.19. The molecule has 58 heavy (non-hydrogen) atoms. The van der Waals surface area contributed by atoms with Gasteiger partial charge in [0, 0.05) is 19.3 Å². The average Bonchev–Trinajstić information content (AvgIpc) is 3.19. The first-order chi connectivity index (χ1) is 27.8. The predicted octanol–water partition coefficient (Wildman–Crippen LogP) is 7.70. The van der Waals surface area contributed by atoms with Gasteiger partial charge in [-0.1, -0.05) is 101 Å². The number of carbonyl (C=O) groups excluding carboxylic acids is 6. The fraction of sp³-hybridized carbons (Fsp3) is 0.857. The van der Waals surface area contributed by atoms with Gasteiger partial charge in [0.2, 0.25) is 34.7 Å². The topological polar surface area (TPSA) is 185 Å². The van der Waals surface area contributed by atoms with Gasteiger partial charge in [0.15, 0.2) is 0 Å². The first-order valence-corrected chi connectivity index (χ1v) is 23.2. The van der Waals surface area contributed by atoms with Crippen molar-refractivity contribution in [3.63, 3.8) is 0 Å². The lowest BCUT2D eigenvalue weighted by atomic mass is 10.1. The van der Waals surface area contributed by atoms with E-state index in [1.165, 1.54) is 0 Å². The first-order valence-electron chi connectivity index (χ1n) is 21.8. The summed E-state index contributed by atoms with van der Waals surface area (Å²) in [4.78, 5) is 81.0. The summed E-state index contributed by atoms with van der Waals surface area (Å²) in [6.07, 6.45) is 6.35. The minimum absolute atomic E-state index is 0.0985. The molecule has 0 aromatic carbocycles. The van der Waals surface area contributed by atoms with Crippen LogP contribution in [-0.4, -0.2) is 107 Å². The van der Waals surface area contributed by atoms with Gasteiger partial charge < -0.3 is 39.8 Å². The average molecular weight is 847 g/mol. The second-order valence-corrected chi connectivity index (χ2v) is 15.4. The minimum Gasteiger partial charge on any atom is -0.550 e. The second-order valence-electron chi connectivity index (χ2n) is 14.1. The maximum Gasteiger partial charge on any atom is 1.20 e. The zero-order valence-corrected chi connectivity index (χ0v) is 38.3. The summed E-state index contributed by atoms with van der Waals surface area (Å²) in [6.45, 7) is 18.1. The Kier molecular flexibility index (Phi) is 31.2. The number of hydrogen-bond acceptors (Lipinski definition) is 15. The third kappa shape index (κ3) is 20.8. The van der Waals surface area contributed by atoms with Crippen molar-refractivity contribution in [2.75, 3.05) is 39.6 Å². The van der Waals surface area contributed by atoms with Crippen LogP contribution in [0, 0.1) is 0 Å². The van der Waals surface area contributed by atoms with Crippen LogP contribution in [0.2, 0.25) is 0 Å². The van der Waals surface area contributed by atoms with Crippen molar-refractivity contribution < 1.29 is 68.6 Å². The Balaban J connectivity index is 6.49. The highest BCUT2D eigenvalue weighted by Gasteiger charge is 2.52. The first kappa shape index (κ1) is 55.7. The fourth-order valence-electron chi connectivity index (χ4n) is 5.42. The van der Waals surface area contributed by atoms with Crippen molar-refractivity contribution in [3.8, 4) is 0 Å². The number of rotatable bonds is 39. The van der Waals surface area contributed by atoms with E-state index in [2.05, 4.69) is 0 Å². The van der Waals surface area contributed by atoms with E-state index < -0.39 is 87.0 Å². The molecular formula is C42H75AlO15. The number of ether oxygens (including phenoxy) is 6. The maximum absolute atomic E-state index is 13.6. The van der Waals surface area contributed by atoms with Gasteiger partial charge in [-0.15, -0.1) is 0 Å². The van der Waals surface area contributed by atoms with E-state index in [-0.39, 0.29) is 58.9 Å². The molecule has 0 amide bonds. The standard InChI is InChI=1S/3C14H26O5.Al/c3*1-4-7-9-18-14(6-3,19-10-8-5-2)12(15)11-13(16)17;/h3*4-11H2,1-3H3,(H,16,17);/q;;;+3/p-3. The molecule has 0 fully saturated rings. The lowest BCUT2D eigenvalue weighted by molar-refractivity contribution is -0.231. The molecule has 16 heteroatoms. The van der Waals surface area contributed by atoms with Crippen molar-refractivity contribution in [3.05, 3.63) is 0 Å². The molecule has 0 rings (SSSR count). The van der Waals surface area contributed by atoms with E-state index in [1.807, 2.05) is 41.5 Å². The molecular weight excluding hydrogens is 771 g/mol. The molecule has 0 heterocycles. The van der Waals surface area contributed by atoms with Crippen LogP contribution in [0.5, 0.6) is 0 Å². The summed E-state index contributed by atoms with van der Waals surface area (Å²) in [6, 6.07) is 0. The van der Waals surface area contributed by atoms with E-state index in [1.54, 1.807) is 20.8 Å².